The zero-order valence-electron chi connectivity index (χ0n) is 22.2. The molecular formula is C30H38N4O3S. The van der Waals surface area contributed by atoms with E-state index in [-0.39, 0.29) is 17.6 Å². The molecule has 38 heavy (non-hydrogen) atoms. The summed E-state index contributed by atoms with van der Waals surface area (Å²) in [6, 6.07) is 10.4. The van der Waals surface area contributed by atoms with Crippen LogP contribution >= 0.6 is 0 Å². The van der Waals surface area contributed by atoms with Crippen LogP contribution in [0.5, 0.6) is 0 Å². The number of rotatable bonds is 9. The van der Waals surface area contributed by atoms with Gasteiger partial charge in [-0.3, -0.25) is 0 Å². The molecule has 1 saturated carbocycles. The van der Waals surface area contributed by atoms with E-state index in [4.69, 9.17) is 14.7 Å². The van der Waals surface area contributed by atoms with Crippen LogP contribution in [0, 0.1) is 5.41 Å². The highest BCUT2D eigenvalue weighted by Gasteiger charge is 2.45. The van der Waals surface area contributed by atoms with Gasteiger partial charge in [-0.1, -0.05) is 53.6 Å². The molecule has 3 heterocycles. The highest BCUT2D eigenvalue weighted by molar-refractivity contribution is 7.91. The van der Waals surface area contributed by atoms with E-state index in [1.54, 1.807) is 0 Å². The largest absolute Gasteiger partial charge is 0.611 e. The van der Waals surface area contributed by atoms with Crippen LogP contribution in [-0.4, -0.2) is 57.2 Å². The molecule has 0 radical (unpaired) electrons. The van der Waals surface area contributed by atoms with Gasteiger partial charge in [0.05, 0.1) is 25.4 Å². The van der Waals surface area contributed by atoms with Gasteiger partial charge in [-0.25, -0.2) is 4.98 Å². The Morgan fingerprint density at radius 1 is 1.05 bits per heavy atom. The molecule has 2 fully saturated rings. The molecule has 1 aromatic carbocycles. The third-order valence-electron chi connectivity index (χ3n) is 8.75. The maximum absolute atomic E-state index is 12.7. The lowest BCUT2D eigenvalue weighted by Crippen LogP contribution is -2.44. The number of aliphatic hydroxyl groups is 1. The van der Waals surface area contributed by atoms with E-state index in [1.807, 2.05) is 6.07 Å². The van der Waals surface area contributed by atoms with Crippen molar-refractivity contribution in [1.29, 1.82) is 0 Å². The van der Waals surface area contributed by atoms with Crippen molar-refractivity contribution < 1.29 is 14.4 Å². The van der Waals surface area contributed by atoms with E-state index in [1.165, 1.54) is 16.7 Å². The fourth-order valence-corrected chi connectivity index (χ4v) is 7.26. The van der Waals surface area contributed by atoms with Gasteiger partial charge in [-0.05, 0) is 62.2 Å². The molecule has 2 aliphatic carbocycles. The summed E-state index contributed by atoms with van der Waals surface area (Å²) in [5.41, 5.74) is 4.72. The zero-order chi connectivity index (χ0) is 26.2. The number of aromatic nitrogens is 2. The summed E-state index contributed by atoms with van der Waals surface area (Å²) < 4.78 is 19.1. The van der Waals surface area contributed by atoms with E-state index in [2.05, 4.69) is 53.6 Å². The highest BCUT2D eigenvalue weighted by Crippen LogP contribution is 2.45. The summed E-state index contributed by atoms with van der Waals surface area (Å²) in [6.45, 7) is 5.31. The van der Waals surface area contributed by atoms with Gasteiger partial charge in [-0.2, -0.15) is 4.98 Å². The van der Waals surface area contributed by atoms with Gasteiger partial charge >= 0.3 is 0 Å². The molecule has 1 unspecified atom stereocenters. The minimum Gasteiger partial charge on any atom is -0.611 e. The molecule has 2 aliphatic heterocycles. The maximum Gasteiger partial charge on any atom is 0.227 e. The average Bonchev–Trinajstić information content (AvgIpc) is 3.62. The van der Waals surface area contributed by atoms with E-state index in [9.17, 15) is 9.66 Å². The van der Waals surface area contributed by atoms with Crippen molar-refractivity contribution in [3.63, 3.8) is 0 Å². The maximum atomic E-state index is 12.7. The summed E-state index contributed by atoms with van der Waals surface area (Å²) in [5.74, 6) is 1.97. The summed E-state index contributed by atoms with van der Waals surface area (Å²) in [7, 11) is 0. The Hall–Kier alpha value is -2.39. The molecule has 0 spiro atoms. The number of aliphatic hydroxyl groups excluding tert-OH is 1. The topological polar surface area (TPSA) is 93.6 Å². The normalized spacial score (nSPS) is 23.4. The number of piperidine rings is 1. The molecule has 4 aliphatic rings. The fraction of sp³-hybridized carbons (Fsp3) is 0.533. The summed E-state index contributed by atoms with van der Waals surface area (Å²) >= 11 is -1.09. The summed E-state index contributed by atoms with van der Waals surface area (Å²) in [6.07, 6.45) is 11.3. The number of fused-ring (bicyclic) bond motifs is 1. The zero-order valence-corrected chi connectivity index (χ0v) is 23.1. The smallest absolute Gasteiger partial charge is 0.227 e. The third-order valence-corrected chi connectivity index (χ3v) is 10.2. The first kappa shape index (κ1) is 25.9. The molecule has 6 rings (SSSR count). The molecule has 0 bridgehead atoms. The summed E-state index contributed by atoms with van der Waals surface area (Å²) in [5, 5.41) is 13.3. The molecule has 2 aromatic rings. The number of hydrogen-bond acceptors (Lipinski definition) is 7. The van der Waals surface area contributed by atoms with Gasteiger partial charge < -0.3 is 24.6 Å². The second-order valence-electron chi connectivity index (χ2n) is 11.5. The van der Waals surface area contributed by atoms with Crippen molar-refractivity contribution in [3.05, 3.63) is 64.9 Å². The number of nitrogens with zero attached hydrogens (tertiary/aromatic N) is 3. The Kier molecular flexibility index (Phi) is 7.24. The lowest BCUT2D eigenvalue weighted by molar-refractivity contribution is 0.0368. The quantitative estimate of drug-likeness (QED) is 0.456. The van der Waals surface area contributed by atoms with Crippen LogP contribution in [0.2, 0.25) is 0 Å². The van der Waals surface area contributed by atoms with Crippen molar-refractivity contribution in [1.82, 2.24) is 9.97 Å². The number of anilines is 2. The molecule has 8 heteroatoms. The van der Waals surface area contributed by atoms with Crippen LogP contribution in [0.15, 0.2) is 58.5 Å². The van der Waals surface area contributed by atoms with Gasteiger partial charge in [0.2, 0.25) is 10.8 Å². The van der Waals surface area contributed by atoms with Crippen LogP contribution in [0.3, 0.4) is 0 Å². The monoisotopic (exact) mass is 534 g/mol. The molecule has 1 atom stereocenters. The Morgan fingerprint density at radius 2 is 1.84 bits per heavy atom. The highest BCUT2D eigenvalue weighted by atomic mass is 32.2. The van der Waals surface area contributed by atoms with Crippen molar-refractivity contribution in [2.45, 2.75) is 68.9 Å². The van der Waals surface area contributed by atoms with E-state index in [0.717, 1.165) is 62.2 Å². The molecule has 1 aromatic heterocycles. The minimum atomic E-state index is -1.09. The lowest BCUT2D eigenvalue weighted by Gasteiger charge is -2.44. The van der Waals surface area contributed by atoms with Crippen LogP contribution in [0.4, 0.5) is 11.8 Å². The summed E-state index contributed by atoms with van der Waals surface area (Å²) in [4.78, 5) is 12.8. The van der Waals surface area contributed by atoms with Crippen LogP contribution in [0.1, 0.15) is 56.7 Å². The lowest BCUT2D eigenvalue weighted by atomic mass is 9.70. The molecule has 202 valence electrons. The van der Waals surface area contributed by atoms with Crippen molar-refractivity contribution in [2.75, 3.05) is 42.3 Å². The molecular weight excluding hydrogens is 496 g/mol. The van der Waals surface area contributed by atoms with E-state index < -0.39 is 11.2 Å². The van der Waals surface area contributed by atoms with Gasteiger partial charge in [-0.15, -0.1) is 0 Å². The first-order valence-electron chi connectivity index (χ1n) is 13.9. The SMILES string of the molecule is CC1=CC=C(C2(COCc3ccccc3)CCN(c3nc4c(c(NC5(CO)CC5)n3)[S+]([O-])CC4)CC2)CC1. The van der Waals surface area contributed by atoms with Crippen LogP contribution in [-0.2, 0) is 28.9 Å². The Bertz CT molecular complexity index is 1220. The van der Waals surface area contributed by atoms with Crippen molar-refractivity contribution >= 4 is 22.9 Å². The Labute approximate surface area is 228 Å². The van der Waals surface area contributed by atoms with E-state index in [0.29, 0.717) is 37.2 Å². The number of hydrogen-bond donors (Lipinski definition) is 2. The molecule has 0 amide bonds. The number of ether oxygens (including phenoxy) is 1. The standard InChI is InChI=1S/C30H38N4O3S/c1-22-7-9-24(10-8-22)29(21-37-19-23-5-3-2-4-6-23)14-16-34(17-15-29)28-31-25-11-18-38(36)26(25)27(32-28)33-30(20-35)12-13-30/h2-7,9,35H,8,10-21H2,1H3,(H,31,32,33). The molecule has 1 saturated heterocycles. The minimum absolute atomic E-state index is 0.0107. The predicted octanol–water partition coefficient (Wildman–Crippen LogP) is 4.55. The Balaban J connectivity index is 1.21. The number of aryl methyl sites for hydroxylation is 1. The number of allylic oxidation sites excluding steroid dienone is 3. The second kappa shape index (κ2) is 10.6. The van der Waals surface area contributed by atoms with Gasteiger partial charge in [0.1, 0.15) is 11.4 Å². The second-order valence-corrected chi connectivity index (χ2v) is 13.0. The van der Waals surface area contributed by atoms with Crippen LogP contribution < -0.4 is 10.2 Å². The third kappa shape index (κ3) is 5.24. The predicted molar refractivity (Wildman–Crippen MR) is 151 cm³/mol. The van der Waals surface area contributed by atoms with Crippen molar-refractivity contribution in [2.24, 2.45) is 5.41 Å². The van der Waals surface area contributed by atoms with Gasteiger partial charge in [0, 0.05) is 24.9 Å². The van der Waals surface area contributed by atoms with Crippen LogP contribution in [0.25, 0.3) is 0 Å². The average molecular weight is 535 g/mol. The van der Waals surface area contributed by atoms with Gasteiger partial charge in [0.15, 0.2) is 5.82 Å². The van der Waals surface area contributed by atoms with E-state index >= 15 is 0 Å². The first-order chi connectivity index (χ1) is 18.5. The van der Waals surface area contributed by atoms with Crippen molar-refractivity contribution in [3.8, 4) is 0 Å². The number of nitrogens with one attached hydrogen (secondary N) is 1. The number of benzene rings is 1. The molecule has 2 N–H and O–H groups in total. The Morgan fingerprint density at radius 3 is 2.53 bits per heavy atom. The molecule has 7 nitrogen and oxygen atoms in total. The fourth-order valence-electron chi connectivity index (χ4n) is 5.95. The first-order valence-corrected chi connectivity index (χ1v) is 15.2. The van der Waals surface area contributed by atoms with Gasteiger partial charge in [0.25, 0.3) is 0 Å².